The first kappa shape index (κ1) is 24.3. The van der Waals surface area contributed by atoms with Crippen LogP contribution >= 0.6 is 0 Å². The van der Waals surface area contributed by atoms with Crippen LogP contribution in [-0.2, 0) is 16.6 Å². The van der Waals surface area contributed by atoms with Gasteiger partial charge in [-0.2, -0.15) is 28.8 Å². The molecule has 2 aliphatic rings. The van der Waals surface area contributed by atoms with Crippen LogP contribution < -0.4 is 14.9 Å². The lowest BCUT2D eigenvalue weighted by Crippen LogP contribution is -2.36. The Labute approximate surface area is 189 Å². The Kier molecular flexibility index (Phi) is 7.09. The van der Waals surface area contributed by atoms with Crippen molar-refractivity contribution in [1.29, 1.82) is 10.5 Å². The maximum absolute atomic E-state index is 12.8. The number of nitrogens with zero attached hydrogens (tertiary/aromatic N) is 6. The fourth-order valence-corrected chi connectivity index (χ4v) is 3.96. The van der Waals surface area contributed by atoms with E-state index in [1.807, 2.05) is 12.1 Å². The molecule has 176 valence electrons. The van der Waals surface area contributed by atoms with E-state index in [1.165, 1.54) is 11.9 Å². The van der Waals surface area contributed by atoms with Crippen molar-refractivity contribution in [2.45, 2.75) is 37.6 Å². The molecule has 0 amide bonds. The molecule has 1 unspecified atom stereocenters. The molecule has 2 aliphatic heterocycles. The highest BCUT2D eigenvalue weighted by Crippen LogP contribution is 2.30. The van der Waals surface area contributed by atoms with Gasteiger partial charge in [0.2, 0.25) is 6.29 Å². The molecular weight excluding hydrogens is 461 g/mol. The van der Waals surface area contributed by atoms with Gasteiger partial charge in [-0.3, -0.25) is 0 Å². The summed E-state index contributed by atoms with van der Waals surface area (Å²) in [5, 5.41) is 29.1. The van der Waals surface area contributed by atoms with Crippen molar-refractivity contribution in [2.75, 3.05) is 25.0 Å². The second-order valence-electron chi connectivity index (χ2n) is 7.42. The third-order valence-electron chi connectivity index (χ3n) is 5.26. The van der Waals surface area contributed by atoms with E-state index in [4.69, 9.17) is 5.26 Å². The van der Waals surface area contributed by atoms with Gasteiger partial charge >= 0.3 is 15.5 Å². The molecule has 1 fully saturated rings. The fraction of sp³-hybridized carbons (Fsp3) is 0.474. The molecule has 33 heavy (non-hydrogen) atoms. The normalized spacial score (nSPS) is 19.5. The minimum atomic E-state index is -5.55. The summed E-state index contributed by atoms with van der Waals surface area (Å²) in [6.45, 7) is 0.923. The Morgan fingerprint density at radius 3 is 2.48 bits per heavy atom. The van der Waals surface area contributed by atoms with Crippen molar-refractivity contribution in [1.82, 2.24) is 14.9 Å². The third kappa shape index (κ3) is 5.35. The zero-order valence-electron chi connectivity index (χ0n) is 17.6. The van der Waals surface area contributed by atoms with Gasteiger partial charge in [0.15, 0.2) is 11.4 Å². The number of nitrogens with one attached hydrogen (secondary N) is 2. The smallest absolute Gasteiger partial charge is 0.372 e. The van der Waals surface area contributed by atoms with E-state index in [0.717, 1.165) is 38.0 Å². The third-order valence-corrected chi connectivity index (χ3v) is 6.40. The maximum Gasteiger partial charge on any atom is 0.511 e. The van der Waals surface area contributed by atoms with Crippen LogP contribution in [0.25, 0.3) is 0 Å². The van der Waals surface area contributed by atoms with E-state index in [9.17, 15) is 26.9 Å². The topological polar surface area (TPSA) is 137 Å². The van der Waals surface area contributed by atoms with Gasteiger partial charge in [0.1, 0.15) is 12.1 Å². The number of sulfonamides is 1. The van der Waals surface area contributed by atoms with Gasteiger partial charge in [0.25, 0.3) is 0 Å². The molecule has 2 heterocycles. The summed E-state index contributed by atoms with van der Waals surface area (Å²) in [5.41, 5.74) is -4.26. The molecule has 1 aromatic carbocycles. The Bertz CT molecular complexity index is 1150. The lowest BCUT2D eigenvalue weighted by atomic mass is 10.1. The zero-order chi connectivity index (χ0) is 24.2. The molecule has 0 spiro atoms. The number of hydrogen-bond donors (Lipinski definition) is 2. The van der Waals surface area contributed by atoms with E-state index >= 15 is 0 Å². The Morgan fingerprint density at radius 2 is 1.91 bits per heavy atom. The Balaban J connectivity index is 1.88. The molecule has 0 saturated carbocycles. The van der Waals surface area contributed by atoms with E-state index in [0.29, 0.717) is 0 Å². The van der Waals surface area contributed by atoms with Crippen molar-refractivity contribution < 1.29 is 21.6 Å². The van der Waals surface area contributed by atoms with Crippen LogP contribution in [0.4, 0.5) is 24.5 Å². The minimum absolute atomic E-state index is 0.0163. The SMILES string of the molecule is CN1C(C#N)=C(C#N)NC1N=Nc1ccc(N2CCCCC2)cc1CNS(=O)(=O)C(F)(F)F. The van der Waals surface area contributed by atoms with Crippen LogP contribution in [0, 0.1) is 22.7 Å². The average molecular weight is 482 g/mol. The van der Waals surface area contributed by atoms with Crippen LogP contribution in [0.2, 0.25) is 0 Å². The van der Waals surface area contributed by atoms with Gasteiger partial charge in [-0.25, -0.2) is 13.1 Å². The standard InChI is InChI=1S/C19H21F3N8O2S/c1-29-17(11-24)16(10-23)26-18(29)28-27-15-6-5-14(30-7-3-2-4-8-30)9-13(15)12-25-33(31,32)19(20,21)22/h5-6,9,18,25-26H,2-4,7-8,12H2,1H3. The molecule has 3 rings (SSSR count). The summed E-state index contributed by atoms with van der Waals surface area (Å²) in [6, 6.07) is 8.60. The summed E-state index contributed by atoms with van der Waals surface area (Å²) in [7, 11) is -4.02. The van der Waals surface area contributed by atoms with Crippen LogP contribution in [0.5, 0.6) is 0 Å². The fourth-order valence-electron chi connectivity index (χ4n) is 3.45. The number of nitriles is 2. The van der Waals surface area contributed by atoms with Gasteiger partial charge < -0.3 is 15.1 Å². The first-order valence-electron chi connectivity index (χ1n) is 9.96. The second-order valence-corrected chi connectivity index (χ2v) is 9.18. The number of halogens is 3. The molecule has 2 N–H and O–H groups in total. The summed E-state index contributed by atoms with van der Waals surface area (Å²) < 4.78 is 62.8. The highest BCUT2D eigenvalue weighted by molar-refractivity contribution is 7.90. The van der Waals surface area contributed by atoms with Crippen LogP contribution in [0.15, 0.2) is 39.8 Å². The van der Waals surface area contributed by atoms with Crippen molar-refractivity contribution in [3.63, 3.8) is 0 Å². The molecule has 0 aromatic heterocycles. The Morgan fingerprint density at radius 1 is 1.21 bits per heavy atom. The zero-order valence-corrected chi connectivity index (χ0v) is 18.4. The summed E-state index contributed by atoms with van der Waals surface area (Å²) in [4.78, 5) is 3.46. The predicted molar refractivity (Wildman–Crippen MR) is 112 cm³/mol. The van der Waals surface area contributed by atoms with Crippen LogP contribution in [0.1, 0.15) is 24.8 Å². The number of hydrogen-bond acceptors (Lipinski definition) is 9. The molecule has 10 nitrogen and oxygen atoms in total. The van der Waals surface area contributed by atoms with E-state index < -0.39 is 28.4 Å². The first-order chi connectivity index (χ1) is 15.6. The van der Waals surface area contributed by atoms with Crippen molar-refractivity contribution in [2.24, 2.45) is 10.2 Å². The van der Waals surface area contributed by atoms with Crippen LogP contribution in [-0.4, -0.2) is 45.3 Å². The molecule has 1 aromatic rings. The van der Waals surface area contributed by atoms with Crippen molar-refractivity contribution in [3.05, 3.63) is 35.2 Å². The molecule has 1 atom stereocenters. The monoisotopic (exact) mass is 482 g/mol. The number of allylic oxidation sites excluding steroid dienone is 2. The Hall–Kier alpha value is -3.36. The minimum Gasteiger partial charge on any atom is -0.372 e. The average Bonchev–Trinajstić information content (AvgIpc) is 3.10. The van der Waals surface area contributed by atoms with E-state index in [1.54, 1.807) is 22.9 Å². The maximum atomic E-state index is 12.8. The lowest BCUT2D eigenvalue weighted by Gasteiger charge is -2.29. The molecule has 0 aliphatic carbocycles. The molecule has 0 radical (unpaired) electrons. The number of anilines is 1. The number of azo groups is 1. The largest absolute Gasteiger partial charge is 0.511 e. The van der Waals surface area contributed by atoms with E-state index in [2.05, 4.69) is 20.4 Å². The quantitative estimate of drug-likeness (QED) is 0.595. The first-order valence-corrected chi connectivity index (χ1v) is 11.4. The number of benzene rings is 1. The van der Waals surface area contributed by atoms with Gasteiger partial charge in [0, 0.05) is 32.4 Å². The van der Waals surface area contributed by atoms with Crippen LogP contribution in [0.3, 0.4) is 0 Å². The van der Waals surface area contributed by atoms with Gasteiger partial charge in [-0.05, 0) is 43.0 Å². The highest BCUT2D eigenvalue weighted by Gasteiger charge is 2.45. The number of rotatable bonds is 6. The second kappa shape index (κ2) is 9.64. The number of piperidine rings is 1. The number of alkyl halides is 3. The van der Waals surface area contributed by atoms with Gasteiger partial charge in [0.05, 0.1) is 5.69 Å². The lowest BCUT2D eigenvalue weighted by molar-refractivity contribution is -0.0448. The van der Waals surface area contributed by atoms with Gasteiger partial charge in [-0.15, -0.1) is 5.11 Å². The molecule has 1 saturated heterocycles. The summed E-state index contributed by atoms with van der Waals surface area (Å²) in [5.74, 6) is 0. The molecule has 0 bridgehead atoms. The summed E-state index contributed by atoms with van der Waals surface area (Å²) >= 11 is 0. The van der Waals surface area contributed by atoms with Crippen molar-refractivity contribution >= 4 is 21.4 Å². The molecule has 14 heteroatoms. The summed E-state index contributed by atoms with van der Waals surface area (Å²) in [6.07, 6.45) is 2.17. The predicted octanol–water partition coefficient (Wildman–Crippen LogP) is 2.78. The highest BCUT2D eigenvalue weighted by atomic mass is 32.2. The van der Waals surface area contributed by atoms with Crippen molar-refractivity contribution in [3.8, 4) is 12.1 Å². The van der Waals surface area contributed by atoms with E-state index in [-0.39, 0.29) is 22.6 Å². The molecular formula is C19H21F3N8O2S. The van der Waals surface area contributed by atoms with Gasteiger partial charge in [-0.1, -0.05) is 0 Å².